The van der Waals surface area contributed by atoms with Gasteiger partial charge in [0.15, 0.2) is 5.69 Å². The molecule has 4 rings (SSSR count). The van der Waals surface area contributed by atoms with Gasteiger partial charge in [-0.15, -0.1) is 0 Å². The maximum atomic E-state index is 13.3. The Bertz CT molecular complexity index is 1010. The molecule has 1 aliphatic carbocycles. The van der Waals surface area contributed by atoms with E-state index in [4.69, 9.17) is 0 Å². The van der Waals surface area contributed by atoms with Crippen molar-refractivity contribution in [1.82, 2.24) is 19.6 Å². The van der Waals surface area contributed by atoms with Crippen LogP contribution < -0.4 is 0 Å². The summed E-state index contributed by atoms with van der Waals surface area (Å²) in [4.78, 5) is 17.0. The van der Waals surface area contributed by atoms with E-state index in [-0.39, 0.29) is 17.5 Å². The van der Waals surface area contributed by atoms with Crippen LogP contribution in [0, 0.1) is 5.82 Å². The van der Waals surface area contributed by atoms with Gasteiger partial charge in [0.2, 0.25) is 0 Å². The molecule has 2 aromatic rings. The summed E-state index contributed by atoms with van der Waals surface area (Å²) in [6, 6.07) is 6.15. The minimum absolute atomic E-state index is 0.0771. The van der Waals surface area contributed by atoms with E-state index >= 15 is 0 Å². The molecule has 1 aliphatic heterocycles. The van der Waals surface area contributed by atoms with Gasteiger partial charge in [-0.25, -0.2) is 17.5 Å². The molecule has 156 valence electrons. The topological polar surface area (TPSA) is 75.5 Å². The lowest BCUT2D eigenvalue weighted by Crippen LogP contribution is -2.49. The van der Waals surface area contributed by atoms with Gasteiger partial charge in [-0.2, -0.15) is 5.10 Å². The molecule has 9 heteroatoms. The van der Waals surface area contributed by atoms with E-state index in [1.807, 2.05) is 0 Å². The van der Waals surface area contributed by atoms with Crippen LogP contribution in [-0.2, 0) is 22.7 Å². The summed E-state index contributed by atoms with van der Waals surface area (Å²) in [5.41, 5.74) is 3.28. The predicted octanol–water partition coefficient (Wildman–Crippen LogP) is 1.30. The summed E-state index contributed by atoms with van der Waals surface area (Å²) in [6.45, 7) is 2.92. The molecule has 0 spiro atoms. The molecule has 0 N–H and O–H groups in total. The molecule has 0 radical (unpaired) electrons. The minimum Gasteiger partial charge on any atom is -0.335 e. The number of fused-ring (bicyclic) bond motifs is 1. The molecule has 2 heterocycles. The summed E-state index contributed by atoms with van der Waals surface area (Å²) in [7, 11) is -2.99. The first-order chi connectivity index (χ1) is 13.8. The van der Waals surface area contributed by atoms with Crippen LogP contribution >= 0.6 is 0 Å². The van der Waals surface area contributed by atoms with Crippen molar-refractivity contribution >= 4 is 15.7 Å². The number of nitrogens with zero attached hydrogens (tertiary/aromatic N) is 4. The van der Waals surface area contributed by atoms with Crippen molar-refractivity contribution < 1.29 is 17.6 Å². The summed E-state index contributed by atoms with van der Waals surface area (Å²) in [6.07, 6.45) is 3.90. The summed E-state index contributed by atoms with van der Waals surface area (Å²) in [5.74, 6) is -0.245. The van der Waals surface area contributed by atoms with Gasteiger partial charge >= 0.3 is 0 Å². The molecule has 0 saturated carbocycles. The normalized spacial score (nSPS) is 17.5. The van der Waals surface area contributed by atoms with Crippen LogP contribution in [0.1, 0.15) is 28.2 Å². The van der Waals surface area contributed by atoms with Crippen molar-refractivity contribution in [3.05, 3.63) is 47.0 Å². The van der Waals surface area contributed by atoms with Gasteiger partial charge in [0.1, 0.15) is 15.7 Å². The molecule has 1 aromatic carbocycles. The molecule has 29 heavy (non-hydrogen) atoms. The third kappa shape index (κ3) is 4.35. The standard InChI is InChI=1S/C20H25FN4O3S/c1-29(27,28)14-13-23-9-11-24(12-10-23)20(26)19-17-3-2-4-18(17)25(22-19)16-7-5-15(21)6-8-16/h5-8H,2-4,9-14H2,1H3. The number of carbonyl (C=O) groups is 1. The smallest absolute Gasteiger partial charge is 0.274 e. The number of benzene rings is 1. The van der Waals surface area contributed by atoms with Gasteiger partial charge in [0.25, 0.3) is 5.91 Å². The van der Waals surface area contributed by atoms with Crippen molar-refractivity contribution in [2.45, 2.75) is 19.3 Å². The number of aromatic nitrogens is 2. The van der Waals surface area contributed by atoms with Gasteiger partial charge in [-0.3, -0.25) is 9.69 Å². The van der Waals surface area contributed by atoms with Gasteiger partial charge in [0.05, 0.1) is 11.4 Å². The molecular weight excluding hydrogens is 395 g/mol. The van der Waals surface area contributed by atoms with E-state index in [1.54, 1.807) is 21.7 Å². The lowest BCUT2D eigenvalue weighted by Gasteiger charge is -2.34. The Kier molecular flexibility index (Phi) is 5.44. The monoisotopic (exact) mass is 420 g/mol. The molecule has 1 amide bonds. The fraction of sp³-hybridized carbons (Fsp3) is 0.500. The van der Waals surface area contributed by atoms with Gasteiger partial charge < -0.3 is 4.90 Å². The van der Waals surface area contributed by atoms with E-state index in [1.165, 1.54) is 18.4 Å². The number of sulfone groups is 1. The Morgan fingerprint density at radius 2 is 1.79 bits per heavy atom. The fourth-order valence-corrected chi connectivity index (χ4v) is 4.61. The van der Waals surface area contributed by atoms with Gasteiger partial charge in [-0.1, -0.05) is 0 Å². The van der Waals surface area contributed by atoms with Crippen LogP contribution in [0.2, 0.25) is 0 Å². The predicted molar refractivity (Wildman–Crippen MR) is 108 cm³/mol. The van der Waals surface area contributed by atoms with Gasteiger partial charge in [-0.05, 0) is 43.5 Å². The first-order valence-corrected chi connectivity index (χ1v) is 11.9. The SMILES string of the molecule is CS(=O)(=O)CCN1CCN(C(=O)c2nn(-c3ccc(F)cc3)c3c2CCC3)CC1. The van der Waals surface area contributed by atoms with Gasteiger partial charge in [0, 0.05) is 50.2 Å². The highest BCUT2D eigenvalue weighted by molar-refractivity contribution is 7.90. The van der Waals surface area contributed by atoms with E-state index < -0.39 is 9.84 Å². The second kappa shape index (κ2) is 7.87. The molecule has 1 fully saturated rings. The quantitative estimate of drug-likeness (QED) is 0.729. The molecule has 0 atom stereocenters. The van der Waals surface area contributed by atoms with Crippen LogP contribution in [-0.4, -0.2) is 78.6 Å². The molecule has 2 aliphatic rings. The molecule has 0 bridgehead atoms. The van der Waals surface area contributed by atoms with Crippen molar-refractivity contribution in [1.29, 1.82) is 0 Å². The molecule has 7 nitrogen and oxygen atoms in total. The number of halogens is 1. The van der Waals surface area contributed by atoms with Crippen LogP contribution in [0.15, 0.2) is 24.3 Å². The zero-order chi connectivity index (χ0) is 20.6. The zero-order valence-corrected chi connectivity index (χ0v) is 17.3. The van der Waals surface area contributed by atoms with Crippen LogP contribution in [0.4, 0.5) is 4.39 Å². The third-order valence-electron chi connectivity index (χ3n) is 5.64. The Labute approximate surface area is 170 Å². The second-order valence-corrected chi connectivity index (χ2v) is 10.0. The first kappa shape index (κ1) is 20.0. The Balaban J connectivity index is 1.49. The Morgan fingerprint density at radius 1 is 1.10 bits per heavy atom. The maximum absolute atomic E-state index is 13.3. The average molecular weight is 421 g/mol. The number of amides is 1. The lowest BCUT2D eigenvalue weighted by molar-refractivity contribution is 0.0636. The second-order valence-electron chi connectivity index (χ2n) is 7.78. The summed E-state index contributed by atoms with van der Waals surface area (Å²) >= 11 is 0. The highest BCUT2D eigenvalue weighted by Crippen LogP contribution is 2.29. The van der Waals surface area contributed by atoms with Crippen molar-refractivity contribution in [2.75, 3.05) is 44.7 Å². The van der Waals surface area contributed by atoms with E-state index in [0.717, 1.165) is 36.2 Å². The molecule has 0 unspecified atom stereocenters. The number of carbonyl (C=O) groups excluding carboxylic acids is 1. The first-order valence-electron chi connectivity index (χ1n) is 9.88. The number of rotatable bonds is 5. The van der Waals surface area contributed by atoms with E-state index in [9.17, 15) is 17.6 Å². The maximum Gasteiger partial charge on any atom is 0.274 e. The zero-order valence-electron chi connectivity index (χ0n) is 16.5. The molecule has 1 aromatic heterocycles. The number of hydrogen-bond donors (Lipinski definition) is 0. The Morgan fingerprint density at radius 3 is 2.45 bits per heavy atom. The van der Waals surface area contributed by atoms with E-state index in [0.29, 0.717) is 38.4 Å². The Hall–Kier alpha value is -2.26. The minimum atomic E-state index is -2.99. The summed E-state index contributed by atoms with van der Waals surface area (Å²) < 4.78 is 37.8. The lowest BCUT2D eigenvalue weighted by atomic mass is 10.1. The average Bonchev–Trinajstić information content (AvgIpc) is 3.29. The van der Waals surface area contributed by atoms with Crippen LogP contribution in [0.3, 0.4) is 0 Å². The number of hydrogen-bond acceptors (Lipinski definition) is 5. The fourth-order valence-electron chi connectivity index (χ4n) is 4.02. The molecule has 1 saturated heterocycles. The third-order valence-corrected chi connectivity index (χ3v) is 6.57. The van der Waals surface area contributed by atoms with Crippen molar-refractivity contribution in [3.63, 3.8) is 0 Å². The number of piperazine rings is 1. The van der Waals surface area contributed by atoms with Crippen LogP contribution in [0.5, 0.6) is 0 Å². The molecular formula is C20H25FN4O3S. The van der Waals surface area contributed by atoms with Crippen LogP contribution in [0.25, 0.3) is 5.69 Å². The van der Waals surface area contributed by atoms with Crippen molar-refractivity contribution in [3.8, 4) is 5.69 Å². The summed E-state index contributed by atoms with van der Waals surface area (Å²) in [5, 5.41) is 4.60. The van der Waals surface area contributed by atoms with E-state index in [2.05, 4.69) is 10.00 Å². The highest BCUT2D eigenvalue weighted by Gasteiger charge is 2.31. The van der Waals surface area contributed by atoms with Crippen molar-refractivity contribution in [2.24, 2.45) is 0 Å². The highest BCUT2D eigenvalue weighted by atomic mass is 32.2. The largest absolute Gasteiger partial charge is 0.335 e.